The summed E-state index contributed by atoms with van der Waals surface area (Å²) < 4.78 is 18.1. The maximum Gasteiger partial charge on any atom is 0.407 e. The van der Waals surface area contributed by atoms with Crippen molar-refractivity contribution in [1.29, 1.82) is 0 Å². The van der Waals surface area contributed by atoms with Gasteiger partial charge in [0.1, 0.15) is 12.3 Å². The number of ether oxygens (including phenoxy) is 1. The summed E-state index contributed by atoms with van der Waals surface area (Å²) in [5.74, 6) is 0.319. The molecule has 1 saturated carbocycles. The van der Waals surface area contributed by atoms with Gasteiger partial charge in [-0.2, -0.15) is 0 Å². The average Bonchev–Trinajstić information content (AvgIpc) is 2.68. The molecule has 168 valence electrons. The third-order valence-corrected chi connectivity index (χ3v) is 5.18. The highest BCUT2D eigenvalue weighted by atomic mass is 19.1. The van der Waals surface area contributed by atoms with Gasteiger partial charge >= 0.3 is 6.09 Å². The lowest BCUT2D eigenvalue weighted by atomic mass is 9.86. The minimum atomic E-state index is -0.563. The second-order valence-electron chi connectivity index (χ2n) is 9.15. The molecule has 0 bridgehead atoms. The predicted molar refractivity (Wildman–Crippen MR) is 116 cm³/mol. The molecule has 7 heteroatoms. The Labute approximate surface area is 179 Å². The highest BCUT2D eigenvalue weighted by Gasteiger charge is 2.22. The van der Waals surface area contributed by atoms with E-state index in [1.165, 1.54) is 0 Å². The van der Waals surface area contributed by atoms with E-state index in [1.54, 1.807) is 18.2 Å². The zero-order valence-electron chi connectivity index (χ0n) is 18.6. The molecule has 0 aromatic heterocycles. The minimum absolute atomic E-state index is 0.137. The topological polar surface area (TPSA) is 79.5 Å². The Bertz CT molecular complexity index is 710. The highest BCUT2D eigenvalue weighted by Crippen LogP contribution is 2.23. The number of carbonyl (C=O) groups excluding carboxylic acids is 2. The van der Waals surface area contributed by atoms with Crippen molar-refractivity contribution in [3.63, 3.8) is 0 Å². The highest BCUT2D eigenvalue weighted by molar-refractivity contribution is 5.94. The van der Waals surface area contributed by atoms with Gasteiger partial charge in [0.15, 0.2) is 0 Å². The number of alkyl carbamates (subject to hydrolysis) is 1. The molecule has 0 atom stereocenters. The maximum absolute atomic E-state index is 12.9. The van der Waals surface area contributed by atoms with E-state index in [0.717, 1.165) is 31.2 Å². The van der Waals surface area contributed by atoms with Gasteiger partial charge in [0.25, 0.3) is 5.91 Å². The van der Waals surface area contributed by atoms with Crippen molar-refractivity contribution in [2.45, 2.75) is 71.7 Å². The minimum Gasteiger partial charge on any atom is -0.444 e. The first-order valence-corrected chi connectivity index (χ1v) is 10.8. The van der Waals surface area contributed by atoms with Crippen LogP contribution in [-0.2, 0) is 11.4 Å². The number of alkyl halides is 1. The Kier molecular flexibility index (Phi) is 9.08. The molecule has 1 aromatic rings. The number of carbonyl (C=O) groups is 2. The van der Waals surface area contributed by atoms with Gasteiger partial charge in [0.2, 0.25) is 0 Å². The number of halogens is 1. The molecule has 0 spiro atoms. The summed E-state index contributed by atoms with van der Waals surface area (Å²) in [7, 11) is 0. The van der Waals surface area contributed by atoms with Gasteiger partial charge in [0.05, 0.1) is 0 Å². The second-order valence-corrected chi connectivity index (χ2v) is 9.15. The summed E-state index contributed by atoms with van der Waals surface area (Å²) in [4.78, 5) is 24.0. The largest absolute Gasteiger partial charge is 0.444 e. The number of aryl methyl sites for hydroxylation is 1. The van der Waals surface area contributed by atoms with Crippen molar-refractivity contribution >= 4 is 12.0 Å². The molecule has 1 aliphatic rings. The molecular weight excluding hydrogens is 385 g/mol. The van der Waals surface area contributed by atoms with Crippen LogP contribution in [0.25, 0.3) is 0 Å². The normalized spacial score (nSPS) is 19.2. The molecule has 0 aliphatic heterocycles. The fourth-order valence-electron chi connectivity index (χ4n) is 3.74. The molecule has 6 nitrogen and oxygen atoms in total. The summed E-state index contributed by atoms with van der Waals surface area (Å²) in [6.45, 7) is 8.71. The molecular formula is C23H36FN3O3. The number of hydrogen-bond acceptors (Lipinski definition) is 4. The van der Waals surface area contributed by atoms with Crippen LogP contribution in [0, 0.1) is 12.8 Å². The van der Waals surface area contributed by atoms with Crippen molar-refractivity contribution in [3.8, 4) is 0 Å². The SMILES string of the molecule is Cc1cc(CF)cc(C(=O)NC[C@H]2CC[C@@H](NCCNC(=O)OC(C)(C)C)CC2)c1. The fraction of sp³-hybridized carbons (Fsp3) is 0.652. The molecule has 1 aliphatic carbocycles. The van der Waals surface area contributed by atoms with Gasteiger partial charge in [0, 0.05) is 31.2 Å². The third-order valence-electron chi connectivity index (χ3n) is 5.18. The summed E-state index contributed by atoms with van der Waals surface area (Å²) in [5, 5.41) is 9.23. The molecule has 0 unspecified atom stereocenters. The number of hydrogen-bond donors (Lipinski definition) is 3. The first kappa shape index (κ1) is 24.1. The van der Waals surface area contributed by atoms with Crippen LogP contribution in [-0.4, -0.2) is 43.3 Å². The van der Waals surface area contributed by atoms with Gasteiger partial charge in [-0.25, -0.2) is 9.18 Å². The summed E-state index contributed by atoms with van der Waals surface area (Å²) >= 11 is 0. The van der Waals surface area contributed by atoms with Gasteiger partial charge in [-0.05, 0) is 82.6 Å². The van der Waals surface area contributed by atoms with E-state index in [4.69, 9.17) is 4.74 Å². The monoisotopic (exact) mass is 421 g/mol. The smallest absolute Gasteiger partial charge is 0.407 e. The van der Waals surface area contributed by atoms with Gasteiger partial charge in [-0.1, -0.05) is 6.07 Å². The van der Waals surface area contributed by atoms with Gasteiger partial charge in [-0.3, -0.25) is 4.79 Å². The molecule has 2 rings (SSSR count). The van der Waals surface area contributed by atoms with Crippen LogP contribution in [0.2, 0.25) is 0 Å². The van der Waals surface area contributed by atoms with Gasteiger partial charge in [-0.15, -0.1) is 0 Å². The molecule has 0 radical (unpaired) electrons. The van der Waals surface area contributed by atoms with Crippen molar-refractivity contribution in [1.82, 2.24) is 16.0 Å². The first-order valence-electron chi connectivity index (χ1n) is 10.8. The standard InChI is InChI=1S/C23H36FN3O3/c1-16-11-18(14-24)13-19(12-16)21(28)27-15-17-5-7-20(8-6-17)25-9-10-26-22(29)30-23(2,3)4/h11-13,17,20,25H,5-10,14-15H2,1-4H3,(H,26,29)(H,27,28)/t17-,20+. The maximum atomic E-state index is 12.9. The second kappa shape index (κ2) is 11.3. The molecule has 2 amide bonds. The molecule has 0 heterocycles. The summed E-state index contributed by atoms with van der Waals surface area (Å²) in [6, 6.07) is 5.60. The lowest BCUT2D eigenvalue weighted by Crippen LogP contribution is -2.41. The van der Waals surface area contributed by atoms with Crippen LogP contribution in [0.5, 0.6) is 0 Å². The van der Waals surface area contributed by atoms with Crippen molar-refractivity contribution in [2.24, 2.45) is 5.92 Å². The van der Waals surface area contributed by atoms with E-state index in [0.29, 0.717) is 42.7 Å². The van der Waals surface area contributed by atoms with Crippen LogP contribution in [0.4, 0.5) is 9.18 Å². The lowest BCUT2D eigenvalue weighted by Gasteiger charge is -2.29. The Morgan fingerprint density at radius 1 is 1.07 bits per heavy atom. The zero-order valence-corrected chi connectivity index (χ0v) is 18.6. The van der Waals surface area contributed by atoms with Crippen molar-refractivity contribution in [3.05, 3.63) is 34.9 Å². The predicted octanol–water partition coefficient (Wildman–Crippen LogP) is 3.87. The summed E-state index contributed by atoms with van der Waals surface area (Å²) in [6.07, 6.45) is 3.78. The van der Waals surface area contributed by atoms with E-state index in [1.807, 2.05) is 27.7 Å². The van der Waals surface area contributed by atoms with Crippen LogP contribution in [0.3, 0.4) is 0 Å². The number of nitrogens with one attached hydrogen (secondary N) is 3. The molecule has 1 fully saturated rings. The number of amides is 2. The number of rotatable bonds is 8. The molecule has 0 saturated heterocycles. The first-order chi connectivity index (χ1) is 14.2. The van der Waals surface area contributed by atoms with Crippen molar-refractivity contribution < 1.29 is 18.7 Å². The number of benzene rings is 1. The van der Waals surface area contributed by atoms with E-state index in [-0.39, 0.29) is 5.91 Å². The van der Waals surface area contributed by atoms with Crippen LogP contribution in [0.1, 0.15) is 67.9 Å². The Balaban J connectivity index is 1.62. The van der Waals surface area contributed by atoms with E-state index >= 15 is 0 Å². The van der Waals surface area contributed by atoms with Crippen LogP contribution in [0.15, 0.2) is 18.2 Å². The van der Waals surface area contributed by atoms with Crippen LogP contribution >= 0.6 is 0 Å². The molecule has 1 aromatic carbocycles. The lowest BCUT2D eigenvalue weighted by molar-refractivity contribution is 0.0527. The van der Waals surface area contributed by atoms with Gasteiger partial charge < -0.3 is 20.7 Å². The third kappa shape index (κ3) is 8.69. The zero-order chi connectivity index (χ0) is 22.1. The summed E-state index contributed by atoms with van der Waals surface area (Å²) in [5.41, 5.74) is 1.46. The molecule has 3 N–H and O–H groups in total. The average molecular weight is 422 g/mol. The Morgan fingerprint density at radius 3 is 2.40 bits per heavy atom. The van der Waals surface area contributed by atoms with Crippen molar-refractivity contribution in [2.75, 3.05) is 19.6 Å². The quantitative estimate of drug-likeness (QED) is 0.557. The Morgan fingerprint density at radius 2 is 1.77 bits per heavy atom. The molecule has 30 heavy (non-hydrogen) atoms. The van der Waals surface area contributed by atoms with E-state index < -0.39 is 18.4 Å². The Hall–Kier alpha value is -2.15. The van der Waals surface area contributed by atoms with E-state index in [2.05, 4.69) is 16.0 Å². The fourth-order valence-corrected chi connectivity index (χ4v) is 3.74. The van der Waals surface area contributed by atoms with Crippen LogP contribution < -0.4 is 16.0 Å². The van der Waals surface area contributed by atoms with E-state index in [9.17, 15) is 14.0 Å².